The zero-order chi connectivity index (χ0) is 22.6. The first-order chi connectivity index (χ1) is 16.1. The Balaban J connectivity index is 1.33. The number of ether oxygens (including phenoxy) is 2. The van der Waals surface area contributed by atoms with Gasteiger partial charge in [-0.1, -0.05) is 17.7 Å². The smallest absolute Gasteiger partial charge is 0.289 e. The van der Waals surface area contributed by atoms with Gasteiger partial charge < -0.3 is 20.1 Å². The zero-order valence-corrected chi connectivity index (χ0v) is 18.6. The molecular weight excluding hydrogens is 440 g/mol. The molecule has 9 heteroatoms. The minimum Gasteiger partial charge on any atom is -0.486 e. The molecular formula is C24H21ClN6O2. The summed E-state index contributed by atoms with van der Waals surface area (Å²) in [5.41, 5.74) is 3.25. The molecule has 1 aliphatic rings. The van der Waals surface area contributed by atoms with Crippen LogP contribution >= 0.6 is 11.6 Å². The van der Waals surface area contributed by atoms with E-state index in [1.165, 1.54) is 6.33 Å². The number of anilines is 3. The molecule has 1 atom stereocenters. The monoisotopic (exact) mass is 460 g/mol. The number of nitrogens with zero attached hydrogens (tertiary/aromatic N) is 4. The van der Waals surface area contributed by atoms with Gasteiger partial charge in [-0.2, -0.15) is 0 Å². The second-order valence-electron chi connectivity index (χ2n) is 7.53. The van der Waals surface area contributed by atoms with Gasteiger partial charge in [0.15, 0.2) is 0 Å². The first-order valence-corrected chi connectivity index (χ1v) is 10.8. The predicted molar refractivity (Wildman–Crippen MR) is 129 cm³/mol. The molecule has 33 heavy (non-hydrogen) atoms. The maximum absolute atomic E-state index is 6.46. The number of fused-ring (bicyclic) bond motifs is 1. The van der Waals surface area contributed by atoms with Crippen molar-refractivity contribution in [2.75, 3.05) is 17.2 Å². The number of hydrogen-bond donors (Lipinski definition) is 2. The average Bonchev–Trinajstić information content (AvgIpc) is 3.24. The normalized spacial score (nSPS) is 15.1. The van der Waals surface area contributed by atoms with E-state index in [9.17, 15) is 0 Å². The molecule has 0 unspecified atom stereocenters. The van der Waals surface area contributed by atoms with Gasteiger partial charge in [-0.3, -0.25) is 4.98 Å². The van der Waals surface area contributed by atoms with Crippen molar-refractivity contribution in [2.45, 2.75) is 19.6 Å². The van der Waals surface area contributed by atoms with Crippen LogP contribution in [0.5, 0.6) is 5.75 Å². The molecule has 0 amide bonds. The van der Waals surface area contributed by atoms with E-state index in [2.05, 4.69) is 30.6 Å². The fourth-order valence-electron chi connectivity index (χ4n) is 3.37. The topological polar surface area (TPSA) is 93.6 Å². The van der Waals surface area contributed by atoms with Crippen molar-refractivity contribution in [1.29, 1.82) is 0 Å². The van der Waals surface area contributed by atoms with Gasteiger partial charge in [0.25, 0.3) is 6.02 Å². The van der Waals surface area contributed by atoms with Crippen LogP contribution in [-0.4, -0.2) is 33.6 Å². The van der Waals surface area contributed by atoms with E-state index in [1.54, 1.807) is 12.3 Å². The van der Waals surface area contributed by atoms with Crippen LogP contribution in [0.1, 0.15) is 12.6 Å². The molecule has 0 aliphatic carbocycles. The number of benzene rings is 2. The Labute approximate surface area is 195 Å². The van der Waals surface area contributed by atoms with Crippen molar-refractivity contribution in [3.05, 3.63) is 77.8 Å². The minimum atomic E-state index is 0.0779. The quantitative estimate of drug-likeness (QED) is 0.409. The molecule has 3 heterocycles. The maximum Gasteiger partial charge on any atom is 0.289 e. The fourth-order valence-corrected chi connectivity index (χ4v) is 3.61. The van der Waals surface area contributed by atoms with Gasteiger partial charge in [0.1, 0.15) is 30.6 Å². The van der Waals surface area contributed by atoms with Crippen molar-refractivity contribution < 1.29 is 9.47 Å². The summed E-state index contributed by atoms with van der Waals surface area (Å²) in [6.07, 6.45) is 3.33. The van der Waals surface area contributed by atoms with Crippen molar-refractivity contribution in [3.63, 3.8) is 0 Å². The number of hydrogen-bond acceptors (Lipinski definition) is 8. The SMILES string of the molecule is C[C@@H]1CN=C(Nc2ccc3ncnc(Nc4ccc(OCc5ccccn5)c(Cl)c4)c3c2)O1. The number of halogens is 1. The predicted octanol–water partition coefficient (Wildman–Crippen LogP) is 5.19. The highest BCUT2D eigenvalue weighted by Crippen LogP contribution is 2.31. The third-order valence-corrected chi connectivity index (χ3v) is 5.28. The number of aliphatic imine (C=N–C) groups is 1. The molecule has 0 radical (unpaired) electrons. The van der Waals surface area contributed by atoms with E-state index >= 15 is 0 Å². The lowest BCUT2D eigenvalue weighted by Crippen LogP contribution is -2.15. The summed E-state index contributed by atoms with van der Waals surface area (Å²) >= 11 is 6.46. The number of nitrogens with one attached hydrogen (secondary N) is 2. The third kappa shape index (κ3) is 4.96. The summed E-state index contributed by atoms with van der Waals surface area (Å²) in [4.78, 5) is 17.4. The lowest BCUT2D eigenvalue weighted by atomic mass is 10.2. The lowest BCUT2D eigenvalue weighted by Gasteiger charge is -2.13. The molecule has 0 bridgehead atoms. The van der Waals surface area contributed by atoms with Crippen LogP contribution in [0.3, 0.4) is 0 Å². The third-order valence-electron chi connectivity index (χ3n) is 4.99. The van der Waals surface area contributed by atoms with Crippen LogP contribution in [0.2, 0.25) is 5.02 Å². The zero-order valence-electron chi connectivity index (χ0n) is 17.8. The van der Waals surface area contributed by atoms with Gasteiger partial charge in [0.05, 0.1) is 22.8 Å². The van der Waals surface area contributed by atoms with Gasteiger partial charge >= 0.3 is 0 Å². The molecule has 1 aliphatic heterocycles. The van der Waals surface area contributed by atoms with Crippen LogP contribution in [0.15, 0.2) is 72.1 Å². The van der Waals surface area contributed by atoms with Gasteiger partial charge in [-0.15, -0.1) is 0 Å². The molecule has 2 aromatic carbocycles. The number of amidine groups is 1. The Kier molecular flexibility index (Phi) is 5.91. The highest BCUT2D eigenvalue weighted by Gasteiger charge is 2.15. The highest BCUT2D eigenvalue weighted by molar-refractivity contribution is 6.32. The Morgan fingerprint density at radius 2 is 1.91 bits per heavy atom. The molecule has 2 aromatic heterocycles. The molecule has 0 spiro atoms. The van der Waals surface area contributed by atoms with Crippen LogP contribution in [0, 0.1) is 0 Å². The average molecular weight is 461 g/mol. The Hall–Kier alpha value is -3.91. The summed E-state index contributed by atoms with van der Waals surface area (Å²) in [5.74, 6) is 1.24. The van der Waals surface area contributed by atoms with Gasteiger partial charge in [0, 0.05) is 23.0 Å². The Morgan fingerprint density at radius 1 is 1.03 bits per heavy atom. The van der Waals surface area contributed by atoms with Crippen LogP contribution < -0.4 is 15.4 Å². The first kappa shape index (κ1) is 21.0. The van der Waals surface area contributed by atoms with E-state index in [4.69, 9.17) is 21.1 Å². The summed E-state index contributed by atoms with van der Waals surface area (Å²) < 4.78 is 11.4. The van der Waals surface area contributed by atoms with Gasteiger partial charge in [-0.25, -0.2) is 15.0 Å². The second kappa shape index (κ2) is 9.30. The first-order valence-electron chi connectivity index (χ1n) is 10.5. The number of aromatic nitrogens is 3. The van der Waals surface area contributed by atoms with Crippen molar-refractivity contribution in [1.82, 2.24) is 15.0 Å². The summed E-state index contributed by atoms with van der Waals surface area (Å²) in [6, 6.07) is 17.5. The van der Waals surface area contributed by atoms with Crippen LogP contribution in [0.4, 0.5) is 17.2 Å². The van der Waals surface area contributed by atoms with Crippen molar-refractivity contribution in [2.24, 2.45) is 4.99 Å². The minimum absolute atomic E-state index is 0.0779. The molecule has 4 aromatic rings. The summed E-state index contributed by atoms with van der Waals surface area (Å²) in [7, 11) is 0. The van der Waals surface area contributed by atoms with Crippen molar-refractivity contribution in [3.8, 4) is 5.75 Å². The number of rotatable bonds is 6. The number of pyridine rings is 1. The van der Waals surface area contributed by atoms with E-state index < -0.39 is 0 Å². The fraction of sp³-hybridized carbons (Fsp3) is 0.167. The molecule has 0 saturated carbocycles. The summed E-state index contributed by atoms with van der Waals surface area (Å²) in [5, 5.41) is 7.86. The van der Waals surface area contributed by atoms with E-state index in [-0.39, 0.29) is 6.10 Å². The molecule has 5 rings (SSSR count). The standard InChI is InChI=1S/C24H21ClN6O2/c1-15-12-27-24(33-15)31-16-5-7-21-19(10-16)23(29-14-28-21)30-17-6-8-22(20(25)11-17)32-13-18-4-2-3-9-26-18/h2-11,14-15H,12-13H2,1H3,(H,27,31)(H,28,29,30)/t15-/m1/s1. The van der Waals surface area contributed by atoms with Crippen molar-refractivity contribution >= 4 is 45.7 Å². The second-order valence-corrected chi connectivity index (χ2v) is 7.94. The van der Waals surface area contributed by atoms with E-state index in [0.29, 0.717) is 35.8 Å². The van der Waals surface area contributed by atoms with Crippen LogP contribution in [0.25, 0.3) is 10.9 Å². The van der Waals surface area contributed by atoms with Gasteiger partial charge in [-0.05, 0) is 55.5 Å². The highest BCUT2D eigenvalue weighted by atomic mass is 35.5. The van der Waals surface area contributed by atoms with E-state index in [0.717, 1.165) is 28.0 Å². The molecule has 0 saturated heterocycles. The largest absolute Gasteiger partial charge is 0.486 e. The molecule has 2 N–H and O–H groups in total. The molecule has 166 valence electrons. The Bertz CT molecular complexity index is 1320. The lowest BCUT2D eigenvalue weighted by molar-refractivity contribution is 0.245. The van der Waals surface area contributed by atoms with Gasteiger partial charge in [0.2, 0.25) is 0 Å². The van der Waals surface area contributed by atoms with Crippen LogP contribution in [-0.2, 0) is 11.3 Å². The molecule has 8 nitrogen and oxygen atoms in total. The van der Waals surface area contributed by atoms with E-state index in [1.807, 2.05) is 55.5 Å². The summed E-state index contributed by atoms with van der Waals surface area (Å²) in [6.45, 7) is 2.97. The Morgan fingerprint density at radius 3 is 2.70 bits per heavy atom. The maximum atomic E-state index is 6.46. The molecule has 0 fully saturated rings.